The van der Waals surface area contributed by atoms with Crippen molar-refractivity contribution in [3.8, 4) is 0 Å². The Balaban J connectivity index is 5.15. The summed E-state index contributed by atoms with van der Waals surface area (Å²) in [5.41, 5.74) is 0. The third-order valence-electron chi connectivity index (χ3n) is 3.48. The minimum absolute atomic E-state index is 0.686. The second-order valence-electron chi connectivity index (χ2n) is 6.25. The molecule has 9 heteroatoms. The van der Waals surface area contributed by atoms with Crippen LogP contribution >= 0.6 is 0 Å². The SMILES string of the molecule is CC(C)(CCC(F)(F)F)S(=O)(=O)C(C)(C)CCC(F)(F)F. The molecular weight excluding hydrogens is 322 g/mol. The molecule has 0 fully saturated rings. The van der Waals surface area contributed by atoms with Crippen molar-refractivity contribution in [3.63, 3.8) is 0 Å². The summed E-state index contributed by atoms with van der Waals surface area (Å²) in [5, 5.41) is 0. The quantitative estimate of drug-likeness (QED) is 0.659. The fourth-order valence-corrected chi connectivity index (χ4v) is 4.14. The first kappa shape index (κ1) is 20.5. The first-order valence-electron chi connectivity index (χ1n) is 6.29. The van der Waals surface area contributed by atoms with Gasteiger partial charge in [0.1, 0.15) is 0 Å². The van der Waals surface area contributed by atoms with Crippen molar-refractivity contribution in [1.82, 2.24) is 0 Å². The molecule has 0 aromatic carbocycles. The monoisotopic (exact) mass is 342 g/mol. The molecule has 0 unspecified atom stereocenters. The summed E-state index contributed by atoms with van der Waals surface area (Å²) in [5.74, 6) is 0. The van der Waals surface area contributed by atoms with Gasteiger partial charge in [0.15, 0.2) is 9.84 Å². The van der Waals surface area contributed by atoms with Crippen LogP contribution < -0.4 is 0 Å². The van der Waals surface area contributed by atoms with E-state index in [-0.39, 0.29) is 0 Å². The molecule has 0 amide bonds. The van der Waals surface area contributed by atoms with Crippen molar-refractivity contribution in [2.75, 3.05) is 0 Å². The number of alkyl halides is 6. The van der Waals surface area contributed by atoms with Gasteiger partial charge in [0, 0.05) is 12.8 Å². The van der Waals surface area contributed by atoms with E-state index in [4.69, 9.17) is 0 Å². The van der Waals surface area contributed by atoms with Gasteiger partial charge in [-0.3, -0.25) is 0 Å². The summed E-state index contributed by atoms with van der Waals surface area (Å²) in [4.78, 5) is 0. The van der Waals surface area contributed by atoms with E-state index in [1.165, 1.54) is 0 Å². The Labute approximate surface area is 120 Å². The number of halogens is 6. The minimum atomic E-state index is -4.51. The molecule has 0 rings (SSSR count). The molecule has 0 spiro atoms. The Morgan fingerprint density at radius 2 is 0.857 bits per heavy atom. The topological polar surface area (TPSA) is 34.1 Å². The average molecular weight is 342 g/mol. The van der Waals surface area contributed by atoms with Gasteiger partial charge in [0.25, 0.3) is 0 Å². The highest BCUT2D eigenvalue weighted by atomic mass is 32.2. The van der Waals surface area contributed by atoms with Gasteiger partial charge in [-0.1, -0.05) is 0 Å². The van der Waals surface area contributed by atoms with Gasteiger partial charge in [-0.2, -0.15) is 26.3 Å². The van der Waals surface area contributed by atoms with E-state index in [1.807, 2.05) is 0 Å². The second-order valence-corrected chi connectivity index (χ2v) is 9.47. The average Bonchev–Trinajstić information content (AvgIpc) is 2.21. The lowest BCUT2D eigenvalue weighted by Gasteiger charge is -2.35. The summed E-state index contributed by atoms with van der Waals surface area (Å²) in [7, 11) is -4.18. The van der Waals surface area contributed by atoms with Crippen LogP contribution in [-0.4, -0.2) is 30.3 Å². The standard InChI is InChI=1S/C12H20F6O2S/c1-9(2,5-7-11(13,14)15)21(19,20)10(3,4)6-8-12(16,17)18/h5-8H2,1-4H3. The van der Waals surface area contributed by atoms with Crippen molar-refractivity contribution in [3.05, 3.63) is 0 Å². The summed E-state index contributed by atoms with van der Waals surface area (Å²) < 4.78 is 94.6. The zero-order chi connectivity index (χ0) is 17.3. The molecule has 0 heterocycles. The lowest BCUT2D eigenvalue weighted by Crippen LogP contribution is -2.46. The largest absolute Gasteiger partial charge is 0.389 e. The summed E-state index contributed by atoms with van der Waals surface area (Å²) >= 11 is 0. The van der Waals surface area contributed by atoms with Crippen LogP contribution in [0.4, 0.5) is 26.3 Å². The number of hydrogen-bond acceptors (Lipinski definition) is 2. The smallest absolute Gasteiger partial charge is 0.228 e. The highest BCUT2D eigenvalue weighted by Crippen LogP contribution is 2.39. The van der Waals surface area contributed by atoms with Crippen LogP contribution in [0.2, 0.25) is 0 Å². The van der Waals surface area contributed by atoms with E-state index < -0.39 is 57.4 Å². The minimum Gasteiger partial charge on any atom is -0.228 e. The maximum Gasteiger partial charge on any atom is 0.389 e. The summed E-state index contributed by atoms with van der Waals surface area (Å²) in [6.45, 7) is 4.46. The number of rotatable bonds is 6. The Hall–Kier alpha value is -0.470. The van der Waals surface area contributed by atoms with Gasteiger partial charge >= 0.3 is 12.4 Å². The van der Waals surface area contributed by atoms with E-state index in [0.29, 0.717) is 0 Å². The fourth-order valence-electron chi connectivity index (χ4n) is 1.90. The first-order valence-corrected chi connectivity index (χ1v) is 7.77. The van der Waals surface area contributed by atoms with Gasteiger partial charge in [-0.05, 0) is 40.5 Å². The maximum atomic E-state index is 12.4. The van der Waals surface area contributed by atoms with Gasteiger partial charge in [-0.25, -0.2) is 8.42 Å². The third kappa shape index (κ3) is 6.04. The van der Waals surface area contributed by atoms with E-state index in [0.717, 1.165) is 27.7 Å². The van der Waals surface area contributed by atoms with Gasteiger partial charge in [0.2, 0.25) is 0 Å². The Kier molecular flexibility index (Phi) is 5.83. The van der Waals surface area contributed by atoms with Crippen LogP contribution in [0.1, 0.15) is 53.4 Å². The molecule has 0 bridgehead atoms. The molecule has 0 atom stereocenters. The zero-order valence-electron chi connectivity index (χ0n) is 12.3. The number of hydrogen-bond donors (Lipinski definition) is 0. The lowest BCUT2D eigenvalue weighted by atomic mass is 10.1. The van der Waals surface area contributed by atoms with Gasteiger partial charge < -0.3 is 0 Å². The molecule has 0 radical (unpaired) electrons. The van der Waals surface area contributed by atoms with Crippen LogP contribution in [0, 0.1) is 0 Å². The molecule has 0 aromatic rings. The summed E-state index contributed by atoms with van der Waals surface area (Å²) in [6, 6.07) is 0. The van der Waals surface area contributed by atoms with Crippen LogP contribution in [0.15, 0.2) is 0 Å². The highest BCUT2D eigenvalue weighted by Gasteiger charge is 2.48. The summed E-state index contributed by atoms with van der Waals surface area (Å²) in [6.07, 6.45) is -13.0. The molecule has 0 aliphatic rings. The van der Waals surface area contributed by atoms with E-state index in [2.05, 4.69) is 0 Å². The Morgan fingerprint density at radius 1 is 0.619 bits per heavy atom. The first-order chi connectivity index (χ1) is 8.91. The van der Waals surface area contributed by atoms with Gasteiger partial charge in [0.05, 0.1) is 9.49 Å². The van der Waals surface area contributed by atoms with Crippen molar-refractivity contribution >= 4 is 9.84 Å². The lowest BCUT2D eigenvalue weighted by molar-refractivity contribution is -0.136. The zero-order valence-corrected chi connectivity index (χ0v) is 13.1. The normalized spacial score (nSPS) is 15.3. The second kappa shape index (κ2) is 5.96. The fraction of sp³-hybridized carbons (Fsp3) is 1.00. The Morgan fingerprint density at radius 3 is 1.05 bits per heavy atom. The Bertz CT molecular complexity index is 409. The van der Waals surface area contributed by atoms with Crippen molar-refractivity contribution in [2.24, 2.45) is 0 Å². The molecule has 0 aliphatic carbocycles. The highest BCUT2D eigenvalue weighted by molar-refractivity contribution is 7.94. The molecular formula is C12H20F6O2S. The molecule has 0 aliphatic heterocycles. The molecule has 0 saturated heterocycles. The van der Waals surface area contributed by atoms with E-state index in [1.54, 1.807) is 0 Å². The number of sulfone groups is 1. The molecule has 21 heavy (non-hydrogen) atoms. The maximum absolute atomic E-state index is 12.4. The van der Waals surface area contributed by atoms with Crippen molar-refractivity contribution in [1.29, 1.82) is 0 Å². The molecule has 0 N–H and O–H groups in total. The van der Waals surface area contributed by atoms with Crippen LogP contribution in [0.5, 0.6) is 0 Å². The van der Waals surface area contributed by atoms with E-state index >= 15 is 0 Å². The van der Waals surface area contributed by atoms with Crippen molar-refractivity contribution < 1.29 is 34.8 Å². The molecule has 128 valence electrons. The predicted octanol–water partition coefficient (Wildman–Crippen LogP) is 4.64. The molecule has 0 saturated carbocycles. The van der Waals surface area contributed by atoms with Crippen LogP contribution in [-0.2, 0) is 9.84 Å². The van der Waals surface area contributed by atoms with Gasteiger partial charge in [-0.15, -0.1) is 0 Å². The van der Waals surface area contributed by atoms with Crippen molar-refractivity contribution in [2.45, 2.75) is 75.2 Å². The molecule has 2 nitrogen and oxygen atoms in total. The van der Waals surface area contributed by atoms with Crippen LogP contribution in [0.25, 0.3) is 0 Å². The van der Waals surface area contributed by atoms with Crippen LogP contribution in [0.3, 0.4) is 0 Å². The van der Waals surface area contributed by atoms with E-state index in [9.17, 15) is 34.8 Å². The predicted molar refractivity (Wildman–Crippen MR) is 67.7 cm³/mol. The molecule has 0 aromatic heterocycles. The third-order valence-corrected chi connectivity index (χ3v) is 6.79.